The van der Waals surface area contributed by atoms with Crippen LogP contribution in [0.2, 0.25) is 0 Å². The highest BCUT2D eigenvalue weighted by Gasteiger charge is 2.51. The molecule has 0 unspecified atom stereocenters. The van der Waals surface area contributed by atoms with Crippen molar-refractivity contribution in [1.29, 1.82) is 0 Å². The first-order valence-corrected chi connectivity index (χ1v) is 9.91. The molecule has 4 nitrogen and oxygen atoms in total. The van der Waals surface area contributed by atoms with E-state index in [1.807, 2.05) is 25.1 Å². The van der Waals surface area contributed by atoms with Gasteiger partial charge in [-0.05, 0) is 69.9 Å². The third-order valence-corrected chi connectivity index (χ3v) is 5.83. The maximum absolute atomic E-state index is 6.22. The van der Waals surface area contributed by atoms with E-state index < -0.39 is 7.12 Å². The molecule has 1 fully saturated rings. The number of rotatable bonds is 3. The maximum Gasteiger partial charge on any atom is 0.494 e. The zero-order valence-electron chi connectivity index (χ0n) is 17.6. The summed E-state index contributed by atoms with van der Waals surface area (Å²) < 4.78 is 12.4. The van der Waals surface area contributed by atoms with E-state index in [0.29, 0.717) is 6.42 Å². The largest absolute Gasteiger partial charge is 0.494 e. The molecule has 0 bridgehead atoms. The van der Waals surface area contributed by atoms with E-state index in [0.717, 1.165) is 33.3 Å². The van der Waals surface area contributed by atoms with Gasteiger partial charge in [0.15, 0.2) is 0 Å². The Balaban J connectivity index is 1.82. The lowest BCUT2D eigenvalue weighted by atomic mass is 9.78. The molecule has 5 heteroatoms. The Morgan fingerprint density at radius 1 is 0.966 bits per heavy atom. The van der Waals surface area contributed by atoms with E-state index in [2.05, 4.69) is 68.8 Å². The van der Waals surface area contributed by atoms with E-state index in [9.17, 15) is 0 Å². The standard InChI is InChI=1S/C24H25BN2O2/c1-6-7-10-17-15-22(20-11-8-9-14-26-20)27-21-16-18(12-13-19(17)21)25-28-23(2,3)24(4,5)29-25/h8-9,11-16H,10H2,1-5H3. The maximum atomic E-state index is 6.22. The van der Waals surface area contributed by atoms with Gasteiger partial charge in [-0.2, -0.15) is 0 Å². The molecule has 3 heterocycles. The molecular formula is C24H25BN2O2. The van der Waals surface area contributed by atoms with Gasteiger partial charge in [0.2, 0.25) is 0 Å². The monoisotopic (exact) mass is 384 g/mol. The van der Waals surface area contributed by atoms with Crippen LogP contribution in [0.1, 0.15) is 40.2 Å². The molecule has 1 saturated heterocycles. The third-order valence-electron chi connectivity index (χ3n) is 5.83. The zero-order chi connectivity index (χ0) is 20.6. The Morgan fingerprint density at radius 3 is 2.38 bits per heavy atom. The number of hydrogen-bond acceptors (Lipinski definition) is 4. The number of hydrogen-bond donors (Lipinski definition) is 0. The van der Waals surface area contributed by atoms with Crippen LogP contribution < -0.4 is 5.46 Å². The number of benzene rings is 1. The molecule has 0 radical (unpaired) electrons. The molecule has 29 heavy (non-hydrogen) atoms. The molecule has 1 aromatic carbocycles. The SMILES string of the molecule is CC#CCc1cc(-c2ccccn2)nc2cc(B3OC(C)(C)C(C)(C)O3)ccc12. The lowest BCUT2D eigenvalue weighted by Crippen LogP contribution is -2.41. The van der Waals surface area contributed by atoms with Crippen LogP contribution in [0.4, 0.5) is 0 Å². The number of nitrogens with zero attached hydrogens (tertiary/aromatic N) is 2. The molecule has 0 N–H and O–H groups in total. The second-order valence-electron chi connectivity index (χ2n) is 8.35. The third kappa shape index (κ3) is 3.66. The minimum Gasteiger partial charge on any atom is -0.399 e. The van der Waals surface area contributed by atoms with Crippen molar-refractivity contribution in [3.05, 3.63) is 54.2 Å². The summed E-state index contributed by atoms with van der Waals surface area (Å²) in [6, 6.07) is 14.2. The van der Waals surface area contributed by atoms with Gasteiger partial charge in [-0.15, -0.1) is 5.92 Å². The summed E-state index contributed by atoms with van der Waals surface area (Å²) in [5.74, 6) is 6.17. The Bertz CT molecular complexity index is 1100. The molecule has 3 aromatic rings. The topological polar surface area (TPSA) is 44.2 Å². The molecule has 0 saturated carbocycles. The minimum absolute atomic E-state index is 0.377. The van der Waals surface area contributed by atoms with Crippen molar-refractivity contribution in [2.75, 3.05) is 0 Å². The first kappa shape index (κ1) is 19.6. The van der Waals surface area contributed by atoms with E-state index in [1.54, 1.807) is 6.20 Å². The molecule has 2 aromatic heterocycles. The average Bonchev–Trinajstić information content (AvgIpc) is 2.93. The van der Waals surface area contributed by atoms with Crippen LogP contribution in [0.3, 0.4) is 0 Å². The van der Waals surface area contributed by atoms with Crippen molar-refractivity contribution >= 4 is 23.5 Å². The van der Waals surface area contributed by atoms with Gasteiger partial charge >= 0.3 is 7.12 Å². The van der Waals surface area contributed by atoms with Crippen LogP contribution in [0, 0.1) is 11.8 Å². The van der Waals surface area contributed by atoms with Crippen molar-refractivity contribution in [2.45, 2.75) is 52.2 Å². The molecule has 1 aliphatic rings. The molecule has 1 aliphatic heterocycles. The molecule has 0 aliphatic carbocycles. The molecule has 4 rings (SSSR count). The highest BCUT2D eigenvalue weighted by Crippen LogP contribution is 2.36. The summed E-state index contributed by atoms with van der Waals surface area (Å²) in [4.78, 5) is 9.36. The Hall–Kier alpha value is -2.68. The summed E-state index contributed by atoms with van der Waals surface area (Å²) in [5.41, 5.74) is 3.95. The summed E-state index contributed by atoms with van der Waals surface area (Å²) >= 11 is 0. The van der Waals surface area contributed by atoms with Crippen molar-refractivity contribution < 1.29 is 9.31 Å². The van der Waals surface area contributed by atoms with Crippen LogP contribution >= 0.6 is 0 Å². The van der Waals surface area contributed by atoms with Gasteiger partial charge in [-0.3, -0.25) is 4.98 Å². The molecule has 0 spiro atoms. The Morgan fingerprint density at radius 2 is 1.72 bits per heavy atom. The molecule has 146 valence electrons. The lowest BCUT2D eigenvalue weighted by molar-refractivity contribution is 0.00578. The fraction of sp³-hybridized carbons (Fsp3) is 0.333. The summed E-state index contributed by atoms with van der Waals surface area (Å²) in [6.45, 7) is 10.1. The summed E-state index contributed by atoms with van der Waals surface area (Å²) in [5, 5.41) is 1.09. The van der Waals surface area contributed by atoms with E-state index in [4.69, 9.17) is 14.3 Å². The predicted molar refractivity (Wildman–Crippen MR) is 118 cm³/mol. The van der Waals surface area contributed by atoms with Crippen molar-refractivity contribution in [2.24, 2.45) is 0 Å². The van der Waals surface area contributed by atoms with Crippen LogP contribution in [0.15, 0.2) is 48.7 Å². The van der Waals surface area contributed by atoms with Gasteiger partial charge in [-0.25, -0.2) is 4.98 Å². The second kappa shape index (κ2) is 7.29. The smallest absolute Gasteiger partial charge is 0.399 e. The van der Waals surface area contributed by atoms with Crippen LogP contribution in [-0.2, 0) is 15.7 Å². The van der Waals surface area contributed by atoms with E-state index in [-0.39, 0.29) is 11.2 Å². The molecule has 0 amide bonds. The van der Waals surface area contributed by atoms with Gasteiger partial charge < -0.3 is 9.31 Å². The van der Waals surface area contributed by atoms with Gasteiger partial charge in [0.25, 0.3) is 0 Å². The normalized spacial score (nSPS) is 17.2. The zero-order valence-corrected chi connectivity index (χ0v) is 17.6. The van der Waals surface area contributed by atoms with Gasteiger partial charge in [-0.1, -0.05) is 24.1 Å². The van der Waals surface area contributed by atoms with E-state index in [1.165, 1.54) is 0 Å². The summed E-state index contributed by atoms with van der Waals surface area (Å²) in [6.07, 6.45) is 2.46. The molecular weight excluding hydrogens is 359 g/mol. The second-order valence-corrected chi connectivity index (χ2v) is 8.35. The highest BCUT2D eigenvalue weighted by atomic mass is 16.7. The first-order valence-electron chi connectivity index (χ1n) is 9.91. The van der Waals surface area contributed by atoms with Gasteiger partial charge in [0.05, 0.1) is 28.1 Å². The quantitative estimate of drug-likeness (QED) is 0.503. The van der Waals surface area contributed by atoms with Crippen LogP contribution in [-0.4, -0.2) is 28.3 Å². The highest BCUT2D eigenvalue weighted by molar-refractivity contribution is 6.62. The van der Waals surface area contributed by atoms with Crippen molar-refractivity contribution in [1.82, 2.24) is 9.97 Å². The average molecular weight is 384 g/mol. The van der Waals surface area contributed by atoms with Gasteiger partial charge in [0, 0.05) is 18.0 Å². The fourth-order valence-corrected chi connectivity index (χ4v) is 3.42. The van der Waals surface area contributed by atoms with Crippen LogP contribution in [0.5, 0.6) is 0 Å². The van der Waals surface area contributed by atoms with Crippen LogP contribution in [0.25, 0.3) is 22.3 Å². The number of pyridine rings is 2. The minimum atomic E-state index is -0.413. The Kier molecular flexibility index (Phi) is 4.94. The number of fused-ring (bicyclic) bond motifs is 1. The van der Waals surface area contributed by atoms with Crippen molar-refractivity contribution in [3.63, 3.8) is 0 Å². The fourth-order valence-electron chi connectivity index (χ4n) is 3.42. The van der Waals surface area contributed by atoms with E-state index >= 15 is 0 Å². The Labute approximate surface area is 172 Å². The molecule has 0 atom stereocenters. The first-order chi connectivity index (χ1) is 13.8. The predicted octanol–water partition coefficient (Wildman–Crippen LogP) is 4.16. The lowest BCUT2D eigenvalue weighted by Gasteiger charge is -2.32. The van der Waals surface area contributed by atoms with Gasteiger partial charge in [0.1, 0.15) is 0 Å². The van der Waals surface area contributed by atoms with Crippen molar-refractivity contribution in [3.8, 4) is 23.2 Å². The number of aromatic nitrogens is 2. The summed E-state index contributed by atoms with van der Waals surface area (Å²) in [7, 11) is -0.413.